The molecule has 0 radical (unpaired) electrons. The summed E-state index contributed by atoms with van der Waals surface area (Å²) in [6, 6.07) is -0.643. The average Bonchev–Trinajstić information content (AvgIpc) is 2.90. The summed E-state index contributed by atoms with van der Waals surface area (Å²) in [7, 11) is 0. The molecule has 0 aliphatic rings. The van der Waals surface area contributed by atoms with Gasteiger partial charge in [0.25, 0.3) is 0 Å². The van der Waals surface area contributed by atoms with Crippen LogP contribution in [0.1, 0.15) is 136 Å². The second-order valence-corrected chi connectivity index (χ2v) is 10.2. The Morgan fingerprint density at radius 3 is 1.78 bits per heavy atom. The summed E-state index contributed by atoms with van der Waals surface area (Å²) < 4.78 is 0. The van der Waals surface area contributed by atoms with Crippen LogP contribution in [0.25, 0.3) is 0 Å². The Morgan fingerprint density at radius 2 is 1.14 bits per heavy atom. The van der Waals surface area contributed by atoms with Crippen molar-refractivity contribution in [3.8, 4) is 0 Å². The molecule has 0 spiro atoms. The largest absolute Gasteiger partial charge is 0.394 e. The highest BCUT2D eigenvalue weighted by molar-refractivity contribution is 5.76. The summed E-state index contributed by atoms with van der Waals surface area (Å²) in [5, 5.41) is 22.7. The first kappa shape index (κ1) is 35.4. The van der Waals surface area contributed by atoms with E-state index in [2.05, 4.69) is 55.6 Å². The zero-order chi connectivity index (χ0) is 27.2. The smallest absolute Gasteiger partial charge is 0.220 e. The van der Waals surface area contributed by atoms with Crippen LogP contribution < -0.4 is 5.32 Å². The number of hydrogen-bond acceptors (Lipinski definition) is 3. The molecule has 214 valence electrons. The molecule has 0 heterocycles. The minimum Gasteiger partial charge on any atom is -0.394 e. The van der Waals surface area contributed by atoms with Crippen LogP contribution in [0, 0.1) is 0 Å². The summed E-state index contributed by atoms with van der Waals surface area (Å²) in [6.45, 7) is 4.19. The Labute approximate surface area is 229 Å². The molecule has 0 aromatic carbocycles. The van der Waals surface area contributed by atoms with Gasteiger partial charge in [0.15, 0.2) is 0 Å². The van der Waals surface area contributed by atoms with E-state index in [4.69, 9.17) is 0 Å². The van der Waals surface area contributed by atoms with Crippen LogP contribution in [0.5, 0.6) is 0 Å². The summed E-state index contributed by atoms with van der Waals surface area (Å²) in [4.78, 5) is 12.2. The third kappa shape index (κ3) is 25.8. The van der Waals surface area contributed by atoms with Crippen LogP contribution in [0.4, 0.5) is 0 Å². The van der Waals surface area contributed by atoms with E-state index in [-0.39, 0.29) is 12.5 Å². The van der Waals surface area contributed by atoms with Gasteiger partial charge in [-0.05, 0) is 64.2 Å². The molecule has 1 amide bonds. The topological polar surface area (TPSA) is 69.6 Å². The first-order valence-electron chi connectivity index (χ1n) is 15.4. The SMILES string of the molecule is CCCCC/C=C/C/C=C/CCCCCCCC(=O)N[C@@H](CO)[C@H](O)/C=C/CC/C=C/CCCCCC. The summed E-state index contributed by atoms with van der Waals surface area (Å²) in [5.41, 5.74) is 0. The van der Waals surface area contributed by atoms with Gasteiger partial charge in [-0.25, -0.2) is 0 Å². The first-order valence-corrected chi connectivity index (χ1v) is 15.4. The Balaban J connectivity index is 3.77. The van der Waals surface area contributed by atoms with Gasteiger partial charge in [-0.3, -0.25) is 4.79 Å². The number of aliphatic hydroxyl groups is 2. The third-order valence-corrected chi connectivity index (χ3v) is 6.53. The van der Waals surface area contributed by atoms with Crippen LogP contribution in [-0.2, 0) is 4.79 Å². The Kier molecular flexibility index (Phi) is 27.6. The molecule has 0 aromatic rings. The Hall–Kier alpha value is -1.65. The number of aliphatic hydroxyl groups excluding tert-OH is 2. The second kappa shape index (κ2) is 28.9. The molecule has 2 atom stereocenters. The van der Waals surface area contributed by atoms with Crippen molar-refractivity contribution in [1.29, 1.82) is 0 Å². The Morgan fingerprint density at radius 1 is 0.649 bits per heavy atom. The molecular weight excluding hydrogens is 458 g/mol. The van der Waals surface area contributed by atoms with Crippen LogP contribution in [0.3, 0.4) is 0 Å². The lowest BCUT2D eigenvalue weighted by Gasteiger charge is -2.19. The summed E-state index contributed by atoms with van der Waals surface area (Å²) >= 11 is 0. The van der Waals surface area contributed by atoms with Crippen molar-refractivity contribution in [3.05, 3.63) is 48.6 Å². The zero-order valence-electron chi connectivity index (χ0n) is 24.2. The molecule has 37 heavy (non-hydrogen) atoms. The maximum Gasteiger partial charge on any atom is 0.220 e. The molecule has 0 fully saturated rings. The van der Waals surface area contributed by atoms with Crippen LogP contribution in [0.15, 0.2) is 48.6 Å². The molecule has 4 heteroatoms. The highest BCUT2D eigenvalue weighted by atomic mass is 16.3. The van der Waals surface area contributed by atoms with Crippen molar-refractivity contribution in [1.82, 2.24) is 5.32 Å². The fourth-order valence-electron chi connectivity index (χ4n) is 4.10. The number of carbonyl (C=O) groups is 1. The van der Waals surface area contributed by atoms with Gasteiger partial charge in [-0.1, -0.05) is 114 Å². The van der Waals surface area contributed by atoms with E-state index >= 15 is 0 Å². The molecule has 0 saturated heterocycles. The highest BCUT2D eigenvalue weighted by Gasteiger charge is 2.17. The molecule has 0 aliphatic carbocycles. The number of hydrogen-bond donors (Lipinski definition) is 3. The van der Waals surface area contributed by atoms with Crippen molar-refractivity contribution in [3.63, 3.8) is 0 Å². The normalized spacial score (nSPS) is 13.9. The Bertz CT molecular complexity index is 609. The maximum absolute atomic E-state index is 12.2. The standard InChI is InChI=1S/C33H59NO3/c1-3-5-7-9-11-13-15-16-17-18-19-21-23-25-27-29-33(37)34-31(30-35)32(36)28-26-24-22-20-14-12-10-8-6-4-2/h11,13-14,16-17,20,26,28,31-32,35-36H,3-10,12,15,18-19,21-25,27,29-30H2,1-2H3,(H,34,37)/b13-11+,17-16+,20-14+,28-26+/t31-,32+/m0/s1. The minimum absolute atomic E-state index is 0.0943. The molecule has 0 aromatic heterocycles. The molecule has 0 saturated carbocycles. The van der Waals surface area contributed by atoms with Crippen molar-refractivity contribution < 1.29 is 15.0 Å². The van der Waals surface area contributed by atoms with E-state index in [0.717, 1.165) is 51.4 Å². The summed E-state index contributed by atoms with van der Waals surface area (Å²) in [6.07, 6.45) is 37.5. The van der Waals surface area contributed by atoms with Gasteiger partial charge in [0.1, 0.15) is 0 Å². The van der Waals surface area contributed by atoms with Crippen LogP contribution >= 0.6 is 0 Å². The molecule has 0 bridgehead atoms. The lowest BCUT2D eigenvalue weighted by molar-refractivity contribution is -0.123. The average molecular weight is 518 g/mol. The fraction of sp³-hybridized carbons (Fsp3) is 0.727. The van der Waals surface area contributed by atoms with E-state index in [1.165, 1.54) is 64.2 Å². The van der Waals surface area contributed by atoms with Gasteiger partial charge in [0, 0.05) is 6.42 Å². The van der Waals surface area contributed by atoms with Crippen molar-refractivity contribution in [2.45, 2.75) is 148 Å². The first-order chi connectivity index (χ1) is 18.2. The quantitative estimate of drug-likeness (QED) is 0.0795. The van der Waals surface area contributed by atoms with E-state index in [1.54, 1.807) is 6.08 Å². The number of unbranched alkanes of at least 4 members (excludes halogenated alkanes) is 13. The molecule has 0 unspecified atom stereocenters. The van der Waals surface area contributed by atoms with Gasteiger partial charge in [-0.15, -0.1) is 0 Å². The lowest BCUT2D eigenvalue weighted by atomic mass is 10.1. The highest BCUT2D eigenvalue weighted by Crippen LogP contribution is 2.09. The number of carbonyl (C=O) groups excluding carboxylic acids is 1. The zero-order valence-corrected chi connectivity index (χ0v) is 24.2. The van der Waals surface area contributed by atoms with Gasteiger partial charge in [0.05, 0.1) is 18.8 Å². The molecule has 3 N–H and O–H groups in total. The summed E-state index contributed by atoms with van der Waals surface area (Å²) in [5.74, 6) is -0.0943. The van der Waals surface area contributed by atoms with Gasteiger partial charge < -0.3 is 15.5 Å². The minimum atomic E-state index is -0.864. The number of allylic oxidation sites excluding steroid dienone is 7. The van der Waals surface area contributed by atoms with E-state index in [0.29, 0.717) is 6.42 Å². The second-order valence-electron chi connectivity index (χ2n) is 10.2. The van der Waals surface area contributed by atoms with Crippen LogP contribution in [-0.4, -0.2) is 34.9 Å². The van der Waals surface area contributed by atoms with Crippen molar-refractivity contribution >= 4 is 5.91 Å². The van der Waals surface area contributed by atoms with Crippen molar-refractivity contribution in [2.75, 3.05) is 6.61 Å². The van der Waals surface area contributed by atoms with Gasteiger partial charge >= 0.3 is 0 Å². The molecule has 0 rings (SSSR count). The predicted molar refractivity (Wildman–Crippen MR) is 161 cm³/mol. The third-order valence-electron chi connectivity index (χ3n) is 6.53. The van der Waals surface area contributed by atoms with E-state index in [9.17, 15) is 15.0 Å². The van der Waals surface area contributed by atoms with Crippen LogP contribution in [0.2, 0.25) is 0 Å². The monoisotopic (exact) mass is 517 g/mol. The number of rotatable bonds is 26. The fourth-order valence-corrected chi connectivity index (χ4v) is 4.10. The van der Waals surface area contributed by atoms with Gasteiger partial charge in [0.2, 0.25) is 5.91 Å². The maximum atomic E-state index is 12.2. The van der Waals surface area contributed by atoms with E-state index in [1.807, 2.05) is 6.08 Å². The molecule has 0 aliphatic heterocycles. The molecule has 4 nitrogen and oxygen atoms in total. The molecular formula is C33H59NO3. The van der Waals surface area contributed by atoms with Gasteiger partial charge in [-0.2, -0.15) is 0 Å². The lowest BCUT2D eigenvalue weighted by Crippen LogP contribution is -2.45. The predicted octanol–water partition coefficient (Wildman–Crippen LogP) is 8.50. The number of nitrogens with one attached hydrogen (secondary N) is 1. The van der Waals surface area contributed by atoms with Crippen molar-refractivity contribution in [2.24, 2.45) is 0 Å². The number of amides is 1. The van der Waals surface area contributed by atoms with E-state index < -0.39 is 12.1 Å².